The van der Waals surface area contributed by atoms with E-state index in [0.29, 0.717) is 50.7 Å². The van der Waals surface area contributed by atoms with E-state index in [-0.39, 0.29) is 12.5 Å². The number of benzene rings is 5. The average Bonchev–Trinajstić information content (AvgIpc) is 3.54. The molecule has 1 amide bonds. The maximum absolute atomic E-state index is 14.7. The predicted octanol–water partition coefficient (Wildman–Crippen LogP) is 8.13. The largest absolute Gasteiger partial charge is 0.494 e. The highest BCUT2D eigenvalue weighted by molar-refractivity contribution is 9.10. The molecule has 1 heterocycles. The van der Waals surface area contributed by atoms with E-state index in [9.17, 15) is 4.79 Å². The van der Waals surface area contributed by atoms with Crippen molar-refractivity contribution in [3.63, 3.8) is 0 Å². The van der Waals surface area contributed by atoms with Crippen LogP contribution in [-0.2, 0) is 22.4 Å². The molecular formula is C42H41BrN2O5. The fourth-order valence-corrected chi connectivity index (χ4v) is 6.59. The summed E-state index contributed by atoms with van der Waals surface area (Å²) in [5.74, 6) is 1.65. The van der Waals surface area contributed by atoms with Gasteiger partial charge in [0.1, 0.15) is 11.5 Å². The first kappa shape index (κ1) is 34.9. The first-order valence-corrected chi connectivity index (χ1v) is 17.8. The van der Waals surface area contributed by atoms with Crippen molar-refractivity contribution in [2.45, 2.75) is 37.8 Å². The average molecular weight is 734 g/mol. The molecule has 8 heteroatoms. The molecule has 6 rings (SSSR count). The van der Waals surface area contributed by atoms with Crippen LogP contribution in [0.3, 0.4) is 0 Å². The second-order valence-corrected chi connectivity index (χ2v) is 12.9. The quantitative estimate of drug-likeness (QED) is 0.106. The fourth-order valence-electron chi connectivity index (χ4n) is 6.17. The van der Waals surface area contributed by atoms with Crippen LogP contribution in [0.4, 0.5) is 0 Å². The first-order chi connectivity index (χ1) is 24.5. The van der Waals surface area contributed by atoms with Crippen LogP contribution in [0.25, 0.3) is 11.1 Å². The van der Waals surface area contributed by atoms with Gasteiger partial charge in [0.25, 0.3) is 5.91 Å². The molecule has 2 atom stereocenters. The zero-order valence-corrected chi connectivity index (χ0v) is 29.6. The lowest BCUT2D eigenvalue weighted by Crippen LogP contribution is -2.50. The molecule has 50 heavy (non-hydrogen) atoms. The van der Waals surface area contributed by atoms with Gasteiger partial charge in [0.2, 0.25) is 5.90 Å². The Hall–Kier alpha value is -4.92. The van der Waals surface area contributed by atoms with E-state index in [1.54, 1.807) is 0 Å². The number of nitrogens with zero attached hydrogens (tertiary/aromatic N) is 1. The maximum Gasteiger partial charge on any atom is 0.252 e. The third-order valence-electron chi connectivity index (χ3n) is 8.72. The fraction of sp³-hybridized carbons (Fsp3) is 0.238. The molecule has 1 aliphatic rings. The number of halogens is 1. The minimum atomic E-state index is -1.33. The van der Waals surface area contributed by atoms with Crippen LogP contribution in [0.5, 0.6) is 11.5 Å². The minimum absolute atomic E-state index is 0.0666. The number of aliphatic hydroxyl groups is 1. The van der Waals surface area contributed by atoms with Crippen molar-refractivity contribution in [1.29, 1.82) is 0 Å². The molecule has 1 aliphatic heterocycles. The van der Waals surface area contributed by atoms with Gasteiger partial charge in [-0.25, -0.2) is 4.99 Å². The summed E-state index contributed by atoms with van der Waals surface area (Å²) in [5, 5.41) is 12.4. The lowest BCUT2D eigenvalue weighted by molar-refractivity contribution is -0.128. The highest BCUT2D eigenvalue weighted by Crippen LogP contribution is 2.44. The standard InChI is InChI=1S/C42H41BrN2O5/c1-2-48-38-16-9-7-13-32(38)25-26-44-41(47)42(29-35-14-6-8-15-37(35)43)39(33-19-17-31(18-20-33)30-11-4-3-5-12-30)50-40(45-42)34-21-23-36(24-22-34)49-28-10-27-46/h3-9,11-24,39,46H,2,10,25-29H2,1H3,(H,44,47)/t39-,42-/m1/s1. The van der Waals surface area contributed by atoms with E-state index in [1.807, 2.05) is 110 Å². The topological polar surface area (TPSA) is 89.4 Å². The summed E-state index contributed by atoms with van der Waals surface area (Å²) in [5.41, 5.74) is 4.39. The van der Waals surface area contributed by atoms with Gasteiger partial charge in [-0.05, 0) is 77.6 Å². The molecule has 5 aromatic carbocycles. The van der Waals surface area contributed by atoms with E-state index in [2.05, 4.69) is 45.5 Å². The molecule has 0 bridgehead atoms. The molecule has 5 aromatic rings. The Bertz CT molecular complexity index is 1900. The van der Waals surface area contributed by atoms with Crippen molar-refractivity contribution in [2.24, 2.45) is 4.99 Å². The monoisotopic (exact) mass is 732 g/mol. The van der Waals surface area contributed by atoms with Gasteiger partial charge in [0.05, 0.1) is 13.2 Å². The summed E-state index contributed by atoms with van der Waals surface area (Å²) in [4.78, 5) is 20.0. The molecule has 0 radical (unpaired) electrons. The molecular weight excluding hydrogens is 692 g/mol. The number of carbonyl (C=O) groups is 1. The Morgan fingerprint density at radius 3 is 2.20 bits per heavy atom. The maximum atomic E-state index is 14.7. The first-order valence-electron chi connectivity index (χ1n) is 17.0. The molecule has 0 aromatic heterocycles. The highest BCUT2D eigenvalue weighted by Gasteiger charge is 2.53. The van der Waals surface area contributed by atoms with Crippen LogP contribution in [0.1, 0.15) is 41.7 Å². The Morgan fingerprint density at radius 2 is 1.48 bits per heavy atom. The van der Waals surface area contributed by atoms with Gasteiger partial charge < -0.3 is 24.6 Å². The minimum Gasteiger partial charge on any atom is -0.494 e. The summed E-state index contributed by atoms with van der Waals surface area (Å²) in [6.45, 7) is 3.40. The number of aliphatic imine (C=N–C) groups is 1. The molecule has 0 saturated carbocycles. The number of hydrogen-bond acceptors (Lipinski definition) is 6. The number of hydrogen-bond donors (Lipinski definition) is 2. The SMILES string of the molecule is CCOc1ccccc1CCNC(=O)[C@]1(Cc2ccccc2Br)N=C(c2ccc(OCCCO)cc2)O[C@@H]1c1ccc(-c2ccccc2)cc1. The normalized spacial score (nSPS) is 16.7. The third-order valence-corrected chi connectivity index (χ3v) is 9.49. The van der Waals surface area contributed by atoms with Gasteiger partial charge in [0.15, 0.2) is 11.6 Å². The van der Waals surface area contributed by atoms with Gasteiger partial charge in [-0.3, -0.25) is 4.79 Å². The van der Waals surface area contributed by atoms with Crippen molar-refractivity contribution in [1.82, 2.24) is 5.32 Å². The van der Waals surface area contributed by atoms with Crippen molar-refractivity contribution in [3.05, 3.63) is 154 Å². The Morgan fingerprint density at radius 1 is 0.820 bits per heavy atom. The van der Waals surface area contributed by atoms with E-state index < -0.39 is 11.6 Å². The molecule has 0 unspecified atom stereocenters. The van der Waals surface area contributed by atoms with Crippen molar-refractivity contribution < 1.29 is 24.1 Å². The van der Waals surface area contributed by atoms with Gasteiger partial charge in [-0.15, -0.1) is 0 Å². The second-order valence-electron chi connectivity index (χ2n) is 12.1. The molecule has 0 aliphatic carbocycles. The van der Waals surface area contributed by atoms with Crippen molar-refractivity contribution in [2.75, 3.05) is 26.4 Å². The van der Waals surface area contributed by atoms with E-state index in [0.717, 1.165) is 43.6 Å². The smallest absolute Gasteiger partial charge is 0.252 e. The molecule has 7 nitrogen and oxygen atoms in total. The second kappa shape index (κ2) is 16.7. The third kappa shape index (κ3) is 8.09. The van der Waals surface area contributed by atoms with Crippen LogP contribution < -0.4 is 14.8 Å². The zero-order valence-electron chi connectivity index (χ0n) is 28.1. The lowest BCUT2D eigenvalue weighted by atomic mass is 9.81. The summed E-state index contributed by atoms with van der Waals surface area (Å²) in [7, 11) is 0. The number of para-hydroxylation sites is 1. The van der Waals surface area contributed by atoms with Crippen molar-refractivity contribution >= 4 is 27.7 Å². The molecule has 0 fully saturated rings. The number of rotatable bonds is 15. The zero-order chi connectivity index (χ0) is 34.8. The highest BCUT2D eigenvalue weighted by atomic mass is 79.9. The molecule has 0 saturated heterocycles. The van der Waals surface area contributed by atoms with Crippen LogP contribution in [0.2, 0.25) is 0 Å². The summed E-state index contributed by atoms with van der Waals surface area (Å²) in [6.07, 6.45) is 0.725. The van der Waals surface area contributed by atoms with Crippen LogP contribution in [0, 0.1) is 0 Å². The summed E-state index contributed by atoms with van der Waals surface area (Å²) in [6, 6.07) is 41.7. The van der Waals surface area contributed by atoms with Crippen LogP contribution in [-0.4, -0.2) is 48.8 Å². The van der Waals surface area contributed by atoms with Crippen LogP contribution in [0.15, 0.2) is 137 Å². The Labute approximate surface area is 302 Å². The van der Waals surface area contributed by atoms with E-state index in [4.69, 9.17) is 24.3 Å². The van der Waals surface area contributed by atoms with Gasteiger partial charge >= 0.3 is 0 Å². The van der Waals surface area contributed by atoms with Gasteiger partial charge in [-0.2, -0.15) is 0 Å². The Kier molecular flexibility index (Phi) is 11.6. The lowest BCUT2D eigenvalue weighted by Gasteiger charge is -2.31. The number of carbonyl (C=O) groups excluding carboxylic acids is 1. The van der Waals surface area contributed by atoms with Gasteiger partial charge in [0, 0.05) is 36.0 Å². The van der Waals surface area contributed by atoms with E-state index in [1.165, 1.54) is 0 Å². The van der Waals surface area contributed by atoms with Crippen LogP contribution >= 0.6 is 15.9 Å². The van der Waals surface area contributed by atoms with Crippen molar-refractivity contribution in [3.8, 4) is 22.6 Å². The van der Waals surface area contributed by atoms with E-state index >= 15 is 0 Å². The molecule has 256 valence electrons. The molecule has 2 N–H and O–H groups in total. The number of amides is 1. The summed E-state index contributed by atoms with van der Waals surface area (Å²) < 4.78 is 19.3. The predicted molar refractivity (Wildman–Crippen MR) is 201 cm³/mol. The molecule has 0 spiro atoms. The number of nitrogens with one attached hydrogen (secondary N) is 1. The number of aliphatic hydroxyl groups excluding tert-OH is 1. The summed E-state index contributed by atoms with van der Waals surface area (Å²) >= 11 is 3.72. The Balaban J connectivity index is 1.38. The van der Waals surface area contributed by atoms with Gasteiger partial charge in [-0.1, -0.05) is 107 Å². The number of ether oxygens (including phenoxy) is 3.